The third-order valence-electron chi connectivity index (χ3n) is 3.46. The first-order valence-corrected chi connectivity index (χ1v) is 10.6. The molecule has 27 heavy (non-hydrogen) atoms. The summed E-state index contributed by atoms with van der Waals surface area (Å²) in [5, 5.41) is 3.48. The number of anilines is 2. The van der Waals surface area contributed by atoms with E-state index < -0.39 is 15.9 Å². The van der Waals surface area contributed by atoms with E-state index in [1.807, 2.05) is 0 Å². The summed E-state index contributed by atoms with van der Waals surface area (Å²) in [7, 11) is -3.78. The quantitative estimate of drug-likeness (QED) is 0.594. The van der Waals surface area contributed by atoms with Crippen molar-refractivity contribution in [1.82, 2.24) is 4.98 Å². The Balaban J connectivity index is 1.79. The summed E-state index contributed by atoms with van der Waals surface area (Å²) in [6, 6.07) is 12.6. The fourth-order valence-corrected chi connectivity index (χ4v) is 4.60. The summed E-state index contributed by atoms with van der Waals surface area (Å²) in [6.07, 6.45) is 0. The number of carbonyl (C=O) groups excluding carboxylic acids is 1. The van der Waals surface area contributed by atoms with Crippen LogP contribution >= 0.6 is 34.5 Å². The molecule has 3 rings (SSSR count). The molecule has 6 nitrogen and oxygen atoms in total. The molecule has 0 radical (unpaired) electrons. The molecule has 0 aliphatic carbocycles. The fraction of sp³-hybridized carbons (Fsp3) is 0.0588. The Kier molecular flexibility index (Phi) is 5.71. The van der Waals surface area contributed by atoms with Crippen LogP contribution in [0.4, 0.5) is 10.8 Å². The van der Waals surface area contributed by atoms with Crippen LogP contribution < -0.4 is 10.0 Å². The summed E-state index contributed by atoms with van der Waals surface area (Å²) in [4.78, 5) is 17.0. The number of carbonyl (C=O) groups is 1. The molecule has 0 spiro atoms. The molecular weight excluding hydrogens is 429 g/mol. The van der Waals surface area contributed by atoms with E-state index in [2.05, 4.69) is 15.0 Å². The molecule has 0 saturated heterocycles. The van der Waals surface area contributed by atoms with Crippen molar-refractivity contribution in [1.29, 1.82) is 0 Å². The number of thiazole rings is 1. The maximum Gasteiger partial charge on any atom is 0.267 e. The van der Waals surface area contributed by atoms with Crippen molar-refractivity contribution in [2.75, 3.05) is 10.0 Å². The average molecular weight is 442 g/mol. The molecule has 0 unspecified atom stereocenters. The van der Waals surface area contributed by atoms with Crippen molar-refractivity contribution in [3.8, 4) is 0 Å². The number of rotatable bonds is 5. The molecule has 2 aromatic carbocycles. The Bertz CT molecular complexity index is 1100. The van der Waals surface area contributed by atoms with Crippen LogP contribution in [0.3, 0.4) is 0 Å². The largest absolute Gasteiger partial charge is 0.321 e. The number of nitrogens with one attached hydrogen (secondary N) is 2. The molecule has 0 saturated carbocycles. The Labute approximate surface area is 170 Å². The molecule has 0 bridgehead atoms. The van der Waals surface area contributed by atoms with Crippen LogP contribution in [0, 0.1) is 6.92 Å². The summed E-state index contributed by atoms with van der Waals surface area (Å²) >= 11 is 12.7. The minimum atomic E-state index is -3.78. The zero-order valence-corrected chi connectivity index (χ0v) is 17.0. The predicted molar refractivity (Wildman–Crippen MR) is 109 cm³/mol. The van der Waals surface area contributed by atoms with Crippen LogP contribution in [0.2, 0.25) is 10.0 Å². The molecule has 0 atom stereocenters. The number of benzene rings is 2. The highest BCUT2D eigenvalue weighted by atomic mass is 35.5. The maximum atomic E-state index is 12.5. The van der Waals surface area contributed by atoms with Crippen LogP contribution in [0.15, 0.2) is 53.4 Å². The van der Waals surface area contributed by atoms with Crippen LogP contribution in [-0.2, 0) is 10.0 Å². The zero-order chi connectivity index (χ0) is 19.6. The summed E-state index contributed by atoms with van der Waals surface area (Å²) in [6.45, 7) is 1.63. The van der Waals surface area contributed by atoms with Gasteiger partial charge in [-0.15, -0.1) is 0 Å². The third-order valence-corrected chi connectivity index (χ3v) is 6.75. The second-order valence-corrected chi connectivity index (χ2v) is 8.93. The third kappa shape index (κ3) is 4.59. The highest BCUT2D eigenvalue weighted by Gasteiger charge is 2.20. The Morgan fingerprint density at radius 1 is 1.07 bits per heavy atom. The first-order valence-electron chi connectivity index (χ1n) is 7.58. The first-order chi connectivity index (χ1) is 12.8. The number of aromatic nitrogens is 1. The van der Waals surface area contributed by atoms with Crippen LogP contribution in [0.25, 0.3) is 0 Å². The zero-order valence-electron chi connectivity index (χ0n) is 13.9. The van der Waals surface area contributed by atoms with Crippen molar-refractivity contribution in [3.63, 3.8) is 0 Å². The lowest BCUT2D eigenvalue weighted by molar-refractivity contribution is 0.103. The number of halogens is 2. The molecule has 1 amide bonds. The highest BCUT2D eigenvalue weighted by molar-refractivity contribution is 7.93. The maximum absolute atomic E-state index is 12.5. The number of amides is 1. The van der Waals surface area contributed by atoms with Crippen molar-refractivity contribution in [2.45, 2.75) is 11.8 Å². The Hall–Kier alpha value is -2.13. The van der Waals surface area contributed by atoms with Gasteiger partial charge >= 0.3 is 0 Å². The monoisotopic (exact) mass is 441 g/mol. The van der Waals surface area contributed by atoms with Crippen LogP contribution in [0.1, 0.15) is 15.4 Å². The van der Waals surface area contributed by atoms with Crippen molar-refractivity contribution < 1.29 is 13.2 Å². The first kappa shape index (κ1) is 19.6. The van der Waals surface area contributed by atoms with Gasteiger partial charge in [-0.2, -0.15) is 0 Å². The molecule has 2 N–H and O–H groups in total. The second kappa shape index (κ2) is 7.85. The van der Waals surface area contributed by atoms with E-state index in [4.69, 9.17) is 23.2 Å². The topological polar surface area (TPSA) is 88.2 Å². The number of hydrogen-bond donors (Lipinski definition) is 2. The van der Waals surface area contributed by atoms with Gasteiger partial charge in [-0.25, -0.2) is 13.4 Å². The van der Waals surface area contributed by atoms with E-state index in [9.17, 15) is 13.2 Å². The minimum Gasteiger partial charge on any atom is -0.321 e. The van der Waals surface area contributed by atoms with Crippen molar-refractivity contribution in [2.24, 2.45) is 0 Å². The Morgan fingerprint density at radius 2 is 1.78 bits per heavy atom. The van der Waals surface area contributed by atoms with Gasteiger partial charge in [0.2, 0.25) is 0 Å². The molecule has 0 aliphatic heterocycles. The van der Waals surface area contributed by atoms with Gasteiger partial charge in [0.25, 0.3) is 15.9 Å². The van der Waals surface area contributed by atoms with Crippen LogP contribution in [-0.4, -0.2) is 19.3 Å². The SMILES string of the molecule is Cc1nc(NS(=O)(=O)c2ccccc2)sc1C(=O)Nc1ccc(Cl)c(Cl)c1. The molecule has 1 heterocycles. The number of hydrogen-bond acceptors (Lipinski definition) is 5. The van der Waals surface area contributed by atoms with E-state index in [1.165, 1.54) is 18.2 Å². The van der Waals surface area contributed by atoms with Gasteiger partial charge in [0.15, 0.2) is 5.13 Å². The van der Waals surface area contributed by atoms with Gasteiger partial charge in [0, 0.05) is 5.69 Å². The number of nitrogens with zero attached hydrogens (tertiary/aromatic N) is 1. The van der Waals surface area contributed by atoms with Gasteiger partial charge in [0.05, 0.1) is 20.6 Å². The standard InChI is InChI=1S/C17H13Cl2N3O3S2/c1-10-15(16(23)21-11-7-8-13(18)14(19)9-11)26-17(20-10)22-27(24,25)12-5-3-2-4-6-12/h2-9H,1H3,(H,20,22)(H,21,23). The molecule has 3 aromatic rings. The van der Waals surface area contributed by atoms with Crippen LogP contribution in [0.5, 0.6) is 0 Å². The molecule has 0 fully saturated rings. The van der Waals surface area contributed by atoms with E-state index in [0.29, 0.717) is 21.4 Å². The summed E-state index contributed by atoms with van der Waals surface area (Å²) in [5.41, 5.74) is 0.872. The number of aryl methyl sites for hydroxylation is 1. The van der Waals surface area contributed by atoms with Gasteiger partial charge in [-0.1, -0.05) is 52.7 Å². The molecule has 10 heteroatoms. The Morgan fingerprint density at radius 3 is 2.44 bits per heavy atom. The van der Waals surface area contributed by atoms with E-state index in [0.717, 1.165) is 11.3 Å². The molecule has 1 aromatic heterocycles. The van der Waals surface area contributed by atoms with Gasteiger partial charge in [0.1, 0.15) is 4.88 Å². The lowest BCUT2D eigenvalue weighted by atomic mass is 10.3. The molecule has 140 valence electrons. The van der Waals surface area contributed by atoms with E-state index in [-0.39, 0.29) is 14.9 Å². The average Bonchev–Trinajstić information content (AvgIpc) is 2.98. The van der Waals surface area contributed by atoms with Gasteiger partial charge in [-0.05, 0) is 37.3 Å². The summed E-state index contributed by atoms with van der Waals surface area (Å²) < 4.78 is 27.2. The van der Waals surface area contributed by atoms with Gasteiger partial charge in [-0.3, -0.25) is 9.52 Å². The highest BCUT2D eigenvalue weighted by Crippen LogP contribution is 2.28. The second-order valence-electron chi connectivity index (χ2n) is 5.44. The lowest BCUT2D eigenvalue weighted by Gasteiger charge is -2.05. The smallest absolute Gasteiger partial charge is 0.267 e. The van der Waals surface area contributed by atoms with Crippen molar-refractivity contribution in [3.05, 3.63) is 69.1 Å². The molecule has 0 aliphatic rings. The number of sulfonamides is 1. The normalized spacial score (nSPS) is 11.2. The van der Waals surface area contributed by atoms with E-state index in [1.54, 1.807) is 37.3 Å². The van der Waals surface area contributed by atoms with E-state index >= 15 is 0 Å². The molecular formula is C17H13Cl2N3O3S2. The fourth-order valence-electron chi connectivity index (χ4n) is 2.19. The minimum absolute atomic E-state index is 0.107. The predicted octanol–water partition coefficient (Wildman–Crippen LogP) is 4.81. The van der Waals surface area contributed by atoms with Crippen molar-refractivity contribution >= 4 is 61.3 Å². The summed E-state index contributed by atoms with van der Waals surface area (Å²) in [5.74, 6) is -0.423. The lowest BCUT2D eigenvalue weighted by Crippen LogP contribution is -2.12. The van der Waals surface area contributed by atoms with Gasteiger partial charge < -0.3 is 5.32 Å².